The van der Waals surface area contributed by atoms with Crippen molar-refractivity contribution in [1.82, 2.24) is 5.32 Å². The summed E-state index contributed by atoms with van der Waals surface area (Å²) in [6.45, 7) is 6.38. The number of hydrogen-bond donors (Lipinski definition) is 3. The van der Waals surface area contributed by atoms with Crippen LogP contribution < -0.4 is 5.32 Å². The molecule has 0 fully saturated rings. The summed E-state index contributed by atoms with van der Waals surface area (Å²) in [5.74, 6) is -0.511. The van der Waals surface area contributed by atoms with Gasteiger partial charge in [-0.2, -0.15) is 0 Å². The first-order chi connectivity index (χ1) is 29.5. The number of allylic oxidation sites excluding steroid dienone is 10. The third-order valence-electron chi connectivity index (χ3n) is 11.5. The fraction of sp³-hybridized carbons (Fsp3) is 0.778. The van der Waals surface area contributed by atoms with Gasteiger partial charge in [0.25, 0.3) is 0 Å². The lowest BCUT2D eigenvalue weighted by Crippen LogP contribution is -2.46. The number of esters is 1. The molecule has 0 aliphatic heterocycles. The monoisotopic (exact) mass is 840 g/mol. The van der Waals surface area contributed by atoms with Crippen molar-refractivity contribution < 1.29 is 24.5 Å². The lowest BCUT2D eigenvalue weighted by Gasteiger charge is -2.24. The van der Waals surface area contributed by atoms with E-state index in [1.54, 1.807) is 0 Å². The molecular formula is C54H97NO5. The van der Waals surface area contributed by atoms with Crippen molar-refractivity contribution in [3.05, 3.63) is 60.8 Å². The van der Waals surface area contributed by atoms with E-state index < -0.39 is 18.2 Å². The van der Waals surface area contributed by atoms with E-state index in [1.807, 2.05) is 36.5 Å². The molecule has 60 heavy (non-hydrogen) atoms. The van der Waals surface area contributed by atoms with Gasteiger partial charge in [0.2, 0.25) is 5.91 Å². The minimum Gasteiger partial charge on any atom is -0.462 e. The molecule has 0 aromatic rings. The normalized spacial score (nSPS) is 13.8. The molecule has 0 bridgehead atoms. The quantitative estimate of drug-likeness (QED) is 0.0322. The maximum Gasteiger partial charge on any atom is 0.306 e. The molecule has 3 N–H and O–H groups in total. The Bertz CT molecular complexity index is 1080. The molecule has 0 saturated carbocycles. The smallest absolute Gasteiger partial charge is 0.306 e. The van der Waals surface area contributed by atoms with Crippen LogP contribution in [-0.4, -0.2) is 46.9 Å². The van der Waals surface area contributed by atoms with E-state index >= 15 is 0 Å². The summed E-state index contributed by atoms with van der Waals surface area (Å²) in [6.07, 6.45) is 58.4. The lowest BCUT2D eigenvalue weighted by molar-refractivity contribution is -0.151. The van der Waals surface area contributed by atoms with Crippen molar-refractivity contribution in [3.63, 3.8) is 0 Å². The summed E-state index contributed by atoms with van der Waals surface area (Å²) >= 11 is 0. The predicted octanol–water partition coefficient (Wildman–Crippen LogP) is 15.2. The molecule has 0 aliphatic rings. The molecule has 0 spiro atoms. The lowest BCUT2D eigenvalue weighted by atomic mass is 10.0. The molecule has 6 nitrogen and oxygen atoms in total. The van der Waals surface area contributed by atoms with Crippen LogP contribution in [0.15, 0.2) is 60.8 Å². The number of amides is 1. The van der Waals surface area contributed by atoms with Gasteiger partial charge < -0.3 is 20.3 Å². The molecule has 3 unspecified atom stereocenters. The standard InChI is InChI=1S/C54H97NO5/c1-4-7-10-13-16-19-22-25-26-27-29-30-33-36-39-42-45-50(60-54(59)47-44-41-38-35-32-28-23-20-17-14-11-8-5-2)48-53(58)55-51(49-56)52(57)46-43-40-37-34-31-24-21-18-15-12-9-6-3/h10,13,16,19,22,25-27,29-30,50-52,56-57H,4-9,11-12,14-15,17-18,20-21,23-24,28,31-49H2,1-3H3,(H,55,58)/b13-10+,19-16+,25-22+,27-26+,30-29+. The fourth-order valence-electron chi connectivity index (χ4n) is 7.58. The van der Waals surface area contributed by atoms with E-state index in [1.165, 1.54) is 128 Å². The largest absolute Gasteiger partial charge is 0.462 e. The Labute approximate surface area is 371 Å². The van der Waals surface area contributed by atoms with Crippen molar-refractivity contribution in [2.45, 2.75) is 264 Å². The van der Waals surface area contributed by atoms with Gasteiger partial charge in [0.15, 0.2) is 0 Å². The first kappa shape index (κ1) is 57.6. The average Bonchev–Trinajstić information content (AvgIpc) is 3.24. The number of ether oxygens (including phenoxy) is 1. The number of aliphatic hydroxyl groups is 2. The van der Waals surface area contributed by atoms with Crippen molar-refractivity contribution in [2.24, 2.45) is 0 Å². The van der Waals surface area contributed by atoms with Gasteiger partial charge in [0.05, 0.1) is 25.2 Å². The summed E-state index contributed by atoms with van der Waals surface area (Å²) < 4.78 is 5.91. The average molecular weight is 840 g/mol. The van der Waals surface area contributed by atoms with E-state index in [0.717, 1.165) is 70.6 Å². The maximum absolute atomic E-state index is 13.2. The predicted molar refractivity (Wildman–Crippen MR) is 259 cm³/mol. The SMILES string of the molecule is CCC/C=C/C=C/C=C/C=C/C=C/CCCCCC(CC(=O)NC(CO)C(O)CCCCCCCCCCCCCC)OC(=O)CCCCCCCCCCCCCCC. The third-order valence-corrected chi connectivity index (χ3v) is 11.5. The Morgan fingerprint density at radius 3 is 1.35 bits per heavy atom. The first-order valence-corrected chi connectivity index (χ1v) is 25.6. The van der Waals surface area contributed by atoms with Crippen LogP contribution in [0.3, 0.4) is 0 Å². The van der Waals surface area contributed by atoms with Crippen LogP contribution in [0.4, 0.5) is 0 Å². The Kier molecular flexibility index (Phi) is 45.7. The topological polar surface area (TPSA) is 95.9 Å². The Morgan fingerprint density at radius 2 is 0.883 bits per heavy atom. The summed E-state index contributed by atoms with van der Waals surface area (Å²) in [7, 11) is 0. The zero-order valence-corrected chi connectivity index (χ0v) is 39.6. The zero-order valence-electron chi connectivity index (χ0n) is 39.6. The number of carbonyl (C=O) groups is 2. The Morgan fingerprint density at radius 1 is 0.483 bits per heavy atom. The van der Waals surface area contributed by atoms with Crippen LogP contribution >= 0.6 is 0 Å². The van der Waals surface area contributed by atoms with Crippen LogP contribution in [0.25, 0.3) is 0 Å². The van der Waals surface area contributed by atoms with E-state index in [2.05, 4.69) is 50.4 Å². The van der Waals surface area contributed by atoms with Gasteiger partial charge in [-0.15, -0.1) is 0 Å². The molecule has 6 heteroatoms. The summed E-state index contributed by atoms with van der Waals surface area (Å²) in [5.41, 5.74) is 0. The highest BCUT2D eigenvalue weighted by Crippen LogP contribution is 2.18. The molecule has 0 saturated heterocycles. The second-order valence-corrected chi connectivity index (χ2v) is 17.3. The summed E-state index contributed by atoms with van der Waals surface area (Å²) in [5, 5.41) is 23.7. The minimum atomic E-state index is -0.799. The van der Waals surface area contributed by atoms with Crippen molar-refractivity contribution in [1.29, 1.82) is 0 Å². The first-order valence-electron chi connectivity index (χ1n) is 25.6. The molecule has 0 radical (unpaired) electrons. The minimum absolute atomic E-state index is 0.0502. The highest BCUT2D eigenvalue weighted by molar-refractivity contribution is 5.77. The molecule has 0 heterocycles. The molecule has 348 valence electrons. The number of hydrogen-bond acceptors (Lipinski definition) is 5. The summed E-state index contributed by atoms with van der Waals surface area (Å²) in [6, 6.07) is -0.715. The molecule has 0 aliphatic carbocycles. The van der Waals surface area contributed by atoms with Gasteiger partial charge in [-0.1, -0.05) is 248 Å². The third kappa shape index (κ3) is 42.3. The van der Waals surface area contributed by atoms with Crippen LogP contribution in [0.5, 0.6) is 0 Å². The van der Waals surface area contributed by atoms with Gasteiger partial charge in [0.1, 0.15) is 6.10 Å². The van der Waals surface area contributed by atoms with Crippen LogP contribution in [0.2, 0.25) is 0 Å². The molecule has 1 amide bonds. The van der Waals surface area contributed by atoms with Crippen LogP contribution in [-0.2, 0) is 14.3 Å². The summed E-state index contributed by atoms with van der Waals surface area (Å²) in [4.78, 5) is 26.1. The van der Waals surface area contributed by atoms with E-state index in [9.17, 15) is 19.8 Å². The van der Waals surface area contributed by atoms with Crippen LogP contribution in [0, 0.1) is 0 Å². The van der Waals surface area contributed by atoms with Crippen LogP contribution in [0.1, 0.15) is 245 Å². The van der Waals surface area contributed by atoms with Gasteiger partial charge in [-0.3, -0.25) is 9.59 Å². The zero-order chi connectivity index (χ0) is 43.8. The van der Waals surface area contributed by atoms with E-state index in [0.29, 0.717) is 19.3 Å². The number of carbonyl (C=O) groups excluding carboxylic acids is 2. The Balaban J connectivity index is 4.69. The van der Waals surface area contributed by atoms with Crippen molar-refractivity contribution in [2.75, 3.05) is 6.61 Å². The van der Waals surface area contributed by atoms with Gasteiger partial charge in [-0.25, -0.2) is 0 Å². The number of aliphatic hydroxyl groups excluding tert-OH is 2. The number of rotatable bonds is 45. The van der Waals surface area contributed by atoms with Crippen molar-refractivity contribution in [3.8, 4) is 0 Å². The van der Waals surface area contributed by atoms with Gasteiger partial charge in [-0.05, 0) is 44.9 Å². The highest BCUT2D eigenvalue weighted by Gasteiger charge is 2.24. The van der Waals surface area contributed by atoms with E-state index in [-0.39, 0.29) is 24.9 Å². The second-order valence-electron chi connectivity index (χ2n) is 17.3. The Hall–Kier alpha value is -2.44. The molecular weight excluding hydrogens is 743 g/mol. The number of nitrogens with one attached hydrogen (secondary N) is 1. The highest BCUT2D eigenvalue weighted by atomic mass is 16.5. The molecule has 0 aromatic carbocycles. The van der Waals surface area contributed by atoms with Crippen molar-refractivity contribution >= 4 is 11.9 Å². The molecule has 3 atom stereocenters. The molecule has 0 rings (SSSR count). The fourth-order valence-corrected chi connectivity index (χ4v) is 7.58. The van der Waals surface area contributed by atoms with Gasteiger partial charge in [0, 0.05) is 6.42 Å². The molecule has 0 aromatic heterocycles. The second kappa shape index (κ2) is 47.6. The van der Waals surface area contributed by atoms with E-state index in [4.69, 9.17) is 4.74 Å². The maximum atomic E-state index is 13.2. The van der Waals surface area contributed by atoms with Gasteiger partial charge >= 0.3 is 5.97 Å². The number of unbranched alkanes of at least 4 members (excludes halogenated alkanes) is 27.